The number of unbranched alkanes of at least 4 members (excludes halogenated alkanes) is 15. The lowest BCUT2D eigenvalue weighted by atomic mass is 10.1. The van der Waals surface area contributed by atoms with Crippen molar-refractivity contribution in [2.24, 2.45) is 0 Å². The Bertz CT molecular complexity index is 718. The summed E-state index contributed by atoms with van der Waals surface area (Å²) >= 11 is 0. The van der Waals surface area contributed by atoms with Gasteiger partial charge in [-0.2, -0.15) is 0 Å². The minimum Gasteiger partial charge on any atom is -0.335 e. The molecule has 198 valence electrons. The summed E-state index contributed by atoms with van der Waals surface area (Å²) in [5.74, 6) is 1.35. The fourth-order valence-corrected chi connectivity index (χ4v) is 5.15. The molecule has 0 N–H and O–H groups in total. The van der Waals surface area contributed by atoms with Gasteiger partial charge in [0.05, 0.1) is 5.69 Å². The Hall–Kier alpha value is -1.57. The number of nitrogens with zero attached hydrogens (tertiary/aromatic N) is 2. The number of aromatic nitrogens is 2. The maximum atomic E-state index is 5.12. The predicted molar refractivity (Wildman–Crippen MR) is 154 cm³/mol. The van der Waals surface area contributed by atoms with Crippen molar-refractivity contribution in [2.45, 2.75) is 155 Å². The first-order valence-corrected chi connectivity index (χ1v) is 15.4. The Labute approximate surface area is 218 Å². The zero-order valence-electron chi connectivity index (χ0n) is 23.4. The lowest BCUT2D eigenvalue weighted by molar-refractivity contribution is 0.526. The average Bonchev–Trinajstić information content (AvgIpc) is 3.26. The van der Waals surface area contributed by atoms with Gasteiger partial charge in [0, 0.05) is 19.2 Å². The first-order valence-electron chi connectivity index (χ1n) is 15.4. The third-order valence-corrected chi connectivity index (χ3v) is 7.41. The highest BCUT2D eigenvalue weighted by atomic mass is 15.1. The van der Waals surface area contributed by atoms with Crippen LogP contribution >= 0.6 is 0 Å². The van der Waals surface area contributed by atoms with Gasteiger partial charge in [0.15, 0.2) is 0 Å². The van der Waals surface area contributed by atoms with Crippen molar-refractivity contribution in [3.8, 4) is 0 Å². The zero-order valence-corrected chi connectivity index (χ0v) is 23.4. The van der Waals surface area contributed by atoms with E-state index in [9.17, 15) is 0 Å². The number of benzene rings is 1. The second-order valence-corrected chi connectivity index (χ2v) is 10.7. The maximum Gasteiger partial charge on any atom is 0.108 e. The van der Waals surface area contributed by atoms with Crippen LogP contribution < -0.4 is 0 Å². The maximum absolute atomic E-state index is 5.12. The van der Waals surface area contributed by atoms with E-state index >= 15 is 0 Å². The van der Waals surface area contributed by atoms with Crippen molar-refractivity contribution in [1.29, 1.82) is 0 Å². The van der Waals surface area contributed by atoms with E-state index in [1.165, 1.54) is 133 Å². The van der Waals surface area contributed by atoms with E-state index in [0.717, 1.165) is 25.8 Å². The Morgan fingerprint density at radius 1 is 0.543 bits per heavy atom. The van der Waals surface area contributed by atoms with Crippen LogP contribution in [-0.2, 0) is 25.8 Å². The standard InChI is InChI=1S/C33H56N2/c1-3-5-7-9-11-13-14-16-21-28-33-34-32(27-23-26-31-24-19-18-20-25-31)30-35(33)29-22-17-15-12-10-8-6-4-2/h18-20,24-25,30H,3-17,21-23,26-29H2,1-2H3. The molecule has 2 nitrogen and oxygen atoms in total. The van der Waals surface area contributed by atoms with Crippen molar-refractivity contribution in [1.82, 2.24) is 9.55 Å². The minimum atomic E-state index is 1.10. The molecule has 0 spiro atoms. The molecule has 0 aliphatic rings. The van der Waals surface area contributed by atoms with Crippen LogP contribution in [0, 0.1) is 0 Å². The molecule has 0 aliphatic carbocycles. The van der Waals surface area contributed by atoms with Crippen LogP contribution in [0.15, 0.2) is 36.5 Å². The topological polar surface area (TPSA) is 17.8 Å². The molecular formula is C33H56N2. The van der Waals surface area contributed by atoms with Crippen molar-refractivity contribution in [2.75, 3.05) is 0 Å². The molecule has 1 aromatic carbocycles. The summed E-state index contributed by atoms with van der Waals surface area (Å²) in [5, 5.41) is 0. The molecule has 0 aliphatic heterocycles. The molecule has 0 radical (unpaired) electrons. The lowest BCUT2D eigenvalue weighted by Crippen LogP contribution is -2.03. The number of aryl methyl sites for hydroxylation is 4. The third-order valence-electron chi connectivity index (χ3n) is 7.41. The van der Waals surface area contributed by atoms with Gasteiger partial charge >= 0.3 is 0 Å². The Kier molecular flexibility index (Phi) is 17.5. The van der Waals surface area contributed by atoms with Gasteiger partial charge in [-0.1, -0.05) is 140 Å². The van der Waals surface area contributed by atoms with Crippen molar-refractivity contribution >= 4 is 0 Å². The van der Waals surface area contributed by atoms with Gasteiger partial charge in [-0.25, -0.2) is 4.98 Å². The molecule has 0 saturated heterocycles. The lowest BCUT2D eigenvalue weighted by Gasteiger charge is -2.08. The van der Waals surface area contributed by atoms with Crippen molar-refractivity contribution in [3.63, 3.8) is 0 Å². The van der Waals surface area contributed by atoms with E-state index < -0.39 is 0 Å². The van der Waals surface area contributed by atoms with E-state index in [-0.39, 0.29) is 0 Å². The fraction of sp³-hybridized carbons (Fsp3) is 0.727. The summed E-state index contributed by atoms with van der Waals surface area (Å²) in [6, 6.07) is 10.9. The molecule has 1 heterocycles. The Balaban J connectivity index is 1.72. The average molecular weight is 481 g/mol. The van der Waals surface area contributed by atoms with E-state index in [0.29, 0.717) is 0 Å². The van der Waals surface area contributed by atoms with Gasteiger partial charge in [-0.15, -0.1) is 0 Å². The highest BCUT2D eigenvalue weighted by Gasteiger charge is 2.08. The quantitative estimate of drug-likeness (QED) is 0.145. The molecule has 0 unspecified atom stereocenters. The normalized spacial score (nSPS) is 11.4. The summed E-state index contributed by atoms with van der Waals surface area (Å²) in [6.07, 6.45) is 30.6. The number of imidazole rings is 1. The Morgan fingerprint density at radius 3 is 1.69 bits per heavy atom. The molecule has 0 saturated carbocycles. The van der Waals surface area contributed by atoms with E-state index in [4.69, 9.17) is 4.98 Å². The van der Waals surface area contributed by atoms with Gasteiger partial charge in [0.2, 0.25) is 0 Å². The molecule has 0 bridgehead atoms. The van der Waals surface area contributed by atoms with Gasteiger partial charge < -0.3 is 4.57 Å². The number of hydrogen-bond donors (Lipinski definition) is 0. The van der Waals surface area contributed by atoms with Gasteiger partial charge in [-0.05, 0) is 37.7 Å². The van der Waals surface area contributed by atoms with E-state index in [1.807, 2.05) is 0 Å². The fourth-order valence-electron chi connectivity index (χ4n) is 5.15. The zero-order chi connectivity index (χ0) is 24.8. The molecule has 2 rings (SSSR count). The second-order valence-electron chi connectivity index (χ2n) is 10.7. The van der Waals surface area contributed by atoms with Crippen LogP contribution in [0.3, 0.4) is 0 Å². The van der Waals surface area contributed by atoms with Crippen LogP contribution in [0.4, 0.5) is 0 Å². The first kappa shape index (κ1) is 29.7. The molecule has 0 atom stereocenters. The highest BCUT2D eigenvalue weighted by Crippen LogP contribution is 2.16. The summed E-state index contributed by atoms with van der Waals surface area (Å²) in [6.45, 7) is 5.76. The van der Waals surface area contributed by atoms with E-state index in [1.54, 1.807) is 0 Å². The number of hydrogen-bond acceptors (Lipinski definition) is 1. The summed E-state index contributed by atoms with van der Waals surface area (Å²) in [4.78, 5) is 5.12. The molecule has 2 aromatic rings. The highest BCUT2D eigenvalue weighted by molar-refractivity contribution is 5.15. The van der Waals surface area contributed by atoms with Crippen LogP contribution in [0.5, 0.6) is 0 Å². The summed E-state index contributed by atoms with van der Waals surface area (Å²) in [7, 11) is 0. The molecule has 35 heavy (non-hydrogen) atoms. The van der Waals surface area contributed by atoms with Gasteiger partial charge in [0.25, 0.3) is 0 Å². The van der Waals surface area contributed by atoms with Crippen LogP contribution in [0.1, 0.15) is 147 Å². The van der Waals surface area contributed by atoms with E-state index in [2.05, 4.69) is 54.9 Å². The monoisotopic (exact) mass is 480 g/mol. The largest absolute Gasteiger partial charge is 0.335 e. The summed E-state index contributed by atoms with van der Waals surface area (Å²) < 4.78 is 2.51. The van der Waals surface area contributed by atoms with Crippen LogP contribution in [0.2, 0.25) is 0 Å². The van der Waals surface area contributed by atoms with Crippen molar-refractivity contribution in [3.05, 3.63) is 53.6 Å². The third kappa shape index (κ3) is 14.6. The predicted octanol–water partition coefficient (Wildman–Crippen LogP) is 10.3. The molecule has 1 aromatic heterocycles. The summed E-state index contributed by atoms with van der Waals surface area (Å²) in [5.41, 5.74) is 2.76. The second kappa shape index (κ2) is 20.6. The molecular weight excluding hydrogens is 424 g/mol. The SMILES string of the molecule is CCCCCCCCCCCc1nc(CCCc2ccccc2)cn1CCCCCCCCCC. The molecule has 0 amide bonds. The molecule has 0 fully saturated rings. The molecule has 2 heteroatoms. The minimum absolute atomic E-state index is 1.10. The first-order chi connectivity index (χ1) is 17.3. The Morgan fingerprint density at radius 2 is 1.09 bits per heavy atom. The van der Waals surface area contributed by atoms with Crippen LogP contribution in [-0.4, -0.2) is 9.55 Å². The van der Waals surface area contributed by atoms with Crippen molar-refractivity contribution < 1.29 is 0 Å². The van der Waals surface area contributed by atoms with Crippen LogP contribution in [0.25, 0.3) is 0 Å². The number of rotatable bonds is 23. The smallest absolute Gasteiger partial charge is 0.108 e. The van der Waals surface area contributed by atoms with Gasteiger partial charge in [-0.3, -0.25) is 0 Å². The van der Waals surface area contributed by atoms with Gasteiger partial charge in [0.1, 0.15) is 5.82 Å².